The molecular formula is C19H20N2O5S. The van der Waals surface area contributed by atoms with Crippen LogP contribution in [0.25, 0.3) is 0 Å². The quantitative estimate of drug-likeness (QED) is 0.442. The van der Waals surface area contributed by atoms with Crippen molar-refractivity contribution in [2.45, 2.75) is 6.92 Å². The number of nitrogens with one attached hydrogen (secondary N) is 2. The molecule has 0 bridgehead atoms. The molecule has 0 aliphatic carbocycles. The number of benzene rings is 2. The highest BCUT2D eigenvalue weighted by molar-refractivity contribution is 7.80. The summed E-state index contributed by atoms with van der Waals surface area (Å²) < 4.78 is 15.3. The molecule has 7 nitrogen and oxygen atoms in total. The van der Waals surface area contributed by atoms with Crippen LogP contribution < -0.4 is 20.1 Å². The van der Waals surface area contributed by atoms with Crippen LogP contribution in [0.1, 0.15) is 27.6 Å². The summed E-state index contributed by atoms with van der Waals surface area (Å²) in [6, 6.07) is 9.98. The lowest BCUT2D eigenvalue weighted by molar-refractivity contribution is 0.0601. The maximum absolute atomic E-state index is 12.1. The lowest BCUT2D eigenvalue weighted by atomic mass is 10.1. The predicted molar refractivity (Wildman–Crippen MR) is 107 cm³/mol. The van der Waals surface area contributed by atoms with Crippen molar-refractivity contribution in [1.82, 2.24) is 0 Å². The first kappa shape index (κ1) is 20.2. The molecule has 27 heavy (non-hydrogen) atoms. The van der Waals surface area contributed by atoms with Gasteiger partial charge in [0.25, 0.3) is 0 Å². The SMILES string of the molecule is COC(=O)c1cc(OC)c(OC)cc1NC(=S)Nc1ccc(C(C)=O)cc1. The molecule has 0 unspecified atom stereocenters. The number of esters is 1. The average Bonchev–Trinajstić information content (AvgIpc) is 2.67. The van der Waals surface area contributed by atoms with Crippen LogP contribution in [-0.4, -0.2) is 38.2 Å². The molecule has 0 saturated heterocycles. The number of ether oxygens (including phenoxy) is 3. The van der Waals surface area contributed by atoms with Gasteiger partial charge in [-0.1, -0.05) is 0 Å². The standard InChI is InChI=1S/C19H20N2O5S/c1-11(22)12-5-7-13(8-6-12)20-19(27)21-15-10-17(25-3)16(24-2)9-14(15)18(23)26-4/h5-10H,1-4H3,(H2,20,21,27). The zero-order valence-electron chi connectivity index (χ0n) is 15.4. The van der Waals surface area contributed by atoms with Crippen LogP contribution in [0.4, 0.5) is 11.4 Å². The van der Waals surface area contributed by atoms with Gasteiger partial charge in [-0.25, -0.2) is 4.79 Å². The van der Waals surface area contributed by atoms with Crippen LogP contribution in [0, 0.1) is 0 Å². The van der Waals surface area contributed by atoms with E-state index in [-0.39, 0.29) is 16.5 Å². The zero-order chi connectivity index (χ0) is 20.0. The number of hydrogen-bond acceptors (Lipinski definition) is 6. The van der Waals surface area contributed by atoms with Crippen molar-refractivity contribution in [2.75, 3.05) is 32.0 Å². The highest BCUT2D eigenvalue weighted by atomic mass is 32.1. The Bertz CT molecular complexity index is 865. The maximum Gasteiger partial charge on any atom is 0.340 e. The van der Waals surface area contributed by atoms with Gasteiger partial charge in [-0.2, -0.15) is 0 Å². The third kappa shape index (κ3) is 4.95. The van der Waals surface area contributed by atoms with E-state index in [0.717, 1.165) is 0 Å². The molecule has 2 N–H and O–H groups in total. The Morgan fingerprint density at radius 1 is 0.926 bits per heavy atom. The van der Waals surface area contributed by atoms with E-state index in [0.29, 0.717) is 28.4 Å². The molecule has 0 fully saturated rings. The van der Waals surface area contributed by atoms with Crippen molar-refractivity contribution in [3.8, 4) is 11.5 Å². The van der Waals surface area contributed by atoms with Crippen molar-refractivity contribution in [2.24, 2.45) is 0 Å². The molecule has 0 atom stereocenters. The lowest BCUT2D eigenvalue weighted by Crippen LogP contribution is -2.21. The van der Waals surface area contributed by atoms with Crippen molar-refractivity contribution in [1.29, 1.82) is 0 Å². The van der Waals surface area contributed by atoms with Gasteiger partial charge in [0.2, 0.25) is 0 Å². The number of rotatable bonds is 6. The number of methoxy groups -OCH3 is 3. The summed E-state index contributed by atoms with van der Waals surface area (Å²) in [5, 5.41) is 6.20. The highest BCUT2D eigenvalue weighted by Gasteiger charge is 2.18. The number of thiocarbonyl (C=S) groups is 1. The Labute approximate surface area is 162 Å². The van der Waals surface area contributed by atoms with E-state index in [1.807, 2.05) is 0 Å². The van der Waals surface area contributed by atoms with Gasteiger partial charge < -0.3 is 24.8 Å². The third-order valence-corrected chi connectivity index (χ3v) is 3.93. The first-order valence-electron chi connectivity index (χ1n) is 7.93. The molecule has 0 aliphatic rings. The van der Waals surface area contributed by atoms with Gasteiger partial charge in [-0.05, 0) is 43.4 Å². The summed E-state index contributed by atoms with van der Waals surface area (Å²) in [7, 11) is 4.26. The molecule has 0 heterocycles. The number of carbonyl (C=O) groups excluding carboxylic acids is 2. The summed E-state index contributed by atoms with van der Waals surface area (Å²) in [4.78, 5) is 23.4. The Morgan fingerprint density at radius 3 is 2.04 bits per heavy atom. The van der Waals surface area contributed by atoms with Gasteiger partial charge in [0.1, 0.15) is 0 Å². The summed E-state index contributed by atoms with van der Waals surface area (Å²) in [6.07, 6.45) is 0. The molecule has 2 aromatic carbocycles. The van der Waals surface area contributed by atoms with Gasteiger partial charge in [-0.15, -0.1) is 0 Å². The molecule has 2 rings (SSSR count). The van der Waals surface area contributed by atoms with Gasteiger partial charge in [0, 0.05) is 23.4 Å². The van der Waals surface area contributed by atoms with Crippen LogP contribution in [0.3, 0.4) is 0 Å². The summed E-state index contributed by atoms with van der Waals surface area (Å²) in [5.41, 5.74) is 1.94. The Hall–Kier alpha value is -3.13. The van der Waals surface area contributed by atoms with Crippen molar-refractivity contribution < 1.29 is 23.8 Å². The van der Waals surface area contributed by atoms with E-state index in [1.165, 1.54) is 34.3 Å². The molecule has 2 aromatic rings. The third-order valence-electron chi connectivity index (χ3n) is 3.73. The van der Waals surface area contributed by atoms with Crippen LogP contribution in [0.5, 0.6) is 11.5 Å². The van der Waals surface area contributed by atoms with Crippen LogP contribution in [-0.2, 0) is 4.74 Å². The number of hydrogen-bond donors (Lipinski definition) is 2. The fourth-order valence-electron chi connectivity index (χ4n) is 2.33. The molecular weight excluding hydrogens is 368 g/mol. The predicted octanol–water partition coefficient (Wildman–Crippen LogP) is 3.50. The Morgan fingerprint density at radius 2 is 1.52 bits per heavy atom. The molecule has 0 aromatic heterocycles. The minimum Gasteiger partial charge on any atom is -0.493 e. The Balaban J connectivity index is 2.25. The molecule has 0 radical (unpaired) electrons. The van der Waals surface area contributed by atoms with Crippen LogP contribution >= 0.6 is 12.2 Å². The lowest BCUT2D eigenvalue weighted by Gasteiger charge is -2.16. The first-order chi connectivity index (χ1) is 12.9. The summed E-state index contributed by atoms with van der Waals surface area (Å²) in [6.45, 7) is 1.50. The van der Waals surface area contributed by atoms with Gasteiger partial charge in [-0.3, -0.25) is 4.79 Å². The van der Waals surface area contributed by atoms with Crippen molar-refractivity contribution >= 4 is 40.5 Å². The molecule has 0 saturated carbocycles. The van der Waals surface area contributed by atoms with Crippen LogP contribution in [0.2, 0.25) is 0 Å². The van der Waals surface area contributed by atoms with Crippen LogP contribution in [0.15, 0.2) is 36.4 Å². The normalized spacial score (nSPS) is 9.93. The van der Waals surface area contributed by atoms with E-state index in [9.17, 15) is 9.59 Å². The number of carbonyl (C=O) groups is 2. The monoisotopic (exact) mass is 388 g/mol. The Kier molecular flexibility index (Phi) is 6.73. The first-order valence-corrected chi connectivity index (χ1v) is 8.33. The van der Waals surface area contributed by atoms with E-state index >= 15 is 0 Å². The fraction of sp³-hybridized carbons (Fsp3) is 0.211. The van der Waals surface area contributed by atoms with Gasteiger partial charge >= 0.3 is 5.97 Å². The summed E-state index contributed by atoms with van der Waals surface area (Å²) >= 11 is 5.31. The summed E-state index contributed by atoms with van der Waals surface area (Å²) in [5.74, 6) is 0.255. The fourth-order valence-corrected chi connectivity index (χ4v) is 2.56. The van der Waals surface area contributed by atoms with E-state index in [1.54, 1.807) is 30.3 Å². The molecule has 142 valence electrons. The largest absolute Gasteiger partial charge is 0.493 e. The maximum atomic E-state index is 12.1. The number of Topliss-reactive ketones (excluding diaryl/α,β-unsaturated/α-hetero) is 1. The second-order valence-electron chi connectivity index (χ2n) is 5.46. The molecule has 8 heteroatoms. The molecule has 0 spiro atoms. The second kappa shape index (κ2) is 9.00. The minimum absolute atomic E-state index is 0.0182. The smallest absolute Gasteiger partial charge is 0.340 e. The van der Waals surface area contributed by atoms with Gasteiger partial charge in [0.15, 0.2) is 22.4 Å². The minimum atomic E-state index is -0.549. The van der Waals surface area contributed by atoms with E-state index in [4.69, 9.17) is 26.4 Å². The topological polar surface area (TPSA) is 85.9 Å². The average molecular weight is 388 g/mol. The van der Waals surface area contributed by atoms with Gasteiger partial charge in [0.05, 0.1) is 32.6 Å². The zero-order valence-corrected chi connectivity index (χ0v) is 16.2. The van der Waals surface area contributed by atoms with Crippen molar-refractivity contribution in [3.05, 3.63) is 47.5 Å². The molecule has 0 aliphatic heterocycles. The van der Waals surface area contributed by atoms with E-state index in [2.05, 4.69) is 10.6 Å². The number of anilines is 2. The molecule has 0 amide bonds. The van der Waals surface area contributed by atoms with E-state index < -0.39 is 5.97 Å². The van der Waals surface area contributed by atoms with Crippen molar-refractivity contribution in [3.63, 3.8) is 0 Å². The second-order valence-corrected chi connectivity index (χ2v) is 5.87. The highest BCUT2D eigenvalue weighted by Crippen LogP contribution is 2.33. The number of ketones is 1.